The van der Waals surface area contributed by atoms with Crippen LogP contribution in [0.25, 0.3) is 0 Å². The number of rotatable bonds is 68. The molecule has 1 N–H and O–H groups in total. The van der Waals surface area contributed by atoms with E-state index < -0.39 is 6.10 Å². The van der Waals surface area contributed by atoms with Crippen molar-refractivity contribution < 1.29 is 24.2 Å². The molecule has 0 bridgehead atoms. The molecule has 0 aliphatic heterocycles. The summed E-state index contributed by atoms with van der Waals surface area (Å²) in [7, 11) is 0. The highest BCUT2D eigenvalue weighted by atomic mass is 16.6. The number of hydrogen-bond donors (Lipinski definition) is 1. The molecule has 0 spiro atoms. The molecule has 0 aliphatic rings. The van der Waals surface area contributed by atoms with Crippen molar-refractivity contribution in [3.63, 3.8) is 0 Å². The monoisotopic (exact) mass is 1290 g/mol. The van der Waals surface area contributed by atoms with Gasteiger partial charge in [0.05, 0.1) is 6.61 Å². The smallest absolute Gasteiger partial charge is 0.306 e. The molecule has 0 heterocycles. The number of esters is 2. The summed E-state index contributed by atoms with van der Waals surface area (Å²) in [6, 6.07) is 0. The normalized spacial score (nSPS) is 13.5. The average Bonchev–Trinajstić information content (AvgIpc) is 3.77. The highest BCUT2D eigenvalue weighted by molar-refractivity contribution is 5.70. The molecule has 0 saturated carbocycles. The minimum absolute atomic E-state index is 0.0865. The molecule has 1 atom stereocenters. The maximum atomic E-state index is 12.4. The maximum absolute atomic E-state index is 12.4. The molecular weight excluding hydrogens is 1150 g/mol. The van der Waals surface area contributed by atoms with Gasteiger partial charge in [0.1, 0.15) is 6.61 Å². The number of carbonyl (C=O) groups excluding carboxylic acids is 2. The van der Waals surface area contributed by atoms with Crippen molar-refractivity contribution in [1.82, 2.24) is 0 Å². The van der Waals surface area contributed by atoms with Gasteiger partial charge in [-0.1, -0.05) is 361 Å². The zero-order valence-corrected chi connectivity index (χ0v) is 60.4. The van der Waals surface area contributed by atoms with Crippen LogP contribution in [0.1, 0.15) is 309 Å². The van der Waals surface area contributed by atoms with Crippen LogP contribution in [-0.4, -0.2) is 36.4 Å². The van der Waals surface area contributed by atoms with Crippen LogP contribution in [0.4, 0.5) is 0 Å². The zero-order valence-electron chi connectivity index (χ0n) is 60.4. The van der Waals surface area contributed by atoms with Crippen LogP contribution in [0.15, 0.2) is 219 Å². The van der Waals surface area contributed by atoms with E-state index in [0.717, 1.165) is 167 Å². The SMILES string of the molecule is CC/C=C\C/C=C\C/C=C\C/C=C\C/C=C\C/C=C\C/C=C\C/C=C\C/C=C\C/C=C\C/C=C\C/C=C\CCCCCCC(=O)OC(CO)COC(=O)CCCCCCCCCCCCCCCCCCCCCC/C=C\C/C=C\C/C=C\C/C=C\C/C=C\C/C=C\CC. The van der Waals surface area contributed by atoms with Gasteiger partial charge in [0.25, 0.3) is 0 Å². The largest absolute Gasteiger partial charge is 0.462 e. The molecule has 1 unspecified atom stereocenters. The number of aliphatic hydroxyl groups is 1. The van der Waals surface area contributed by atoms with Crippen molar-refractivity contribution in [2.24, 2.45) is 0 Å². The molecule has 0 fully saturated rings. The van der Waals surface area contributed by atoms with Gasteiger partial charge in [0.15, 0.2) is 6.10 Å². The van der Waals surface area contributed by atoms with Crippen LogP contribution in [0, 0.1) is 0 Å². The minimum Gasteiger partial charge on any atom is -0.462 e. The van der Waals surface area contributed by atoms with Crippen LogP contribution in [0.2, 0.25) is 0 Å². The van der Waals surface area contributed by atoms with E-state index in [4.69, 9.17) is 9.47 Å². The van der Waals surface area contributed by atoms with Gasteiger partial charge in [-0.05, 0) is 154 Å². The van der Waals surface area contributed by atoms with Crippen molar-refractivity contribution in [3.8, 4) is 0 Å². The molecule has 0 aromatic rings. The fraction of sp³-hybridized carbons (Fsp3) is 0.573. The van der Waals surface area contributed by atoms with E-state index in [0.29, 0.717) is 12.8 Å². The predicted octanol–water partition coefficient (Wildman–Crippen LogP) is 27.4. The number of carbonyl (C=O) groups is 2. The fourth-order valence-corrected chi connectivity index (χ4v) is 10.1. The summed E-state index contributed by atoms with van der Waals surface area (Å²) in [4.78, 5) is 24.7. The highest BCUT2D eigenvalue weighted by Gasteiger charge is 2.16. The Bertz CT molecular complexity index is 2200. The Labute approximate surface area is 580 Å². The highest BCUT2D eigenvalue weighted by Crippen LogP contribution is 2.17. The van der Waals surface area contributed by atoms with Crippen LogP contribution in [0.5, 0.6) is 0 Å². The summed E-state index contributed by atoms with van der Waals surface area (Å²) in [6.07, 6.45) is 131. The molecule has 94 heavy (non-hydrogen) atoms. The van der Waals surface area contributed by atoms with Crippen molar-refractivity contribution in [3.05, 3.63) is 219 Å². The van der Waals surface area contributed by atoms with Crippen molar-refractivity contribution >= 4 is 11.9 Å². The summed E-state index contributed by atoms with van der Waals surface area (Å²) in [5, 5.41) is 9.72. The van der Waals surface area contributed by atoms with Gasteiger partial charge >= 0.3 is 11.9 Å². The summed E-state index contributed by atoms with van der Waals surface area (Å²) < 4.78 is 10.7. The van der Waals surface area contributed by atoms with Gasteiger partial charge in [0.2, 0.25) is 0 Å². The van der Waals surface area contributed by atoms with Crippen LogP contribution < -0.4 is 0 Å². The Kier molecular flexibility index (Phi) is 76.4. The lowest BCUT2D eigenvalue weighted by molar-refractivity contribution is -0.161. The standard InChI is InChI=1S/C89H140O5/c1-3-5-7-9-11-13-15-17-19-21-23-25-27-29-31-33-35-37-39-41-43-44-46-48-50-52-54-56-58-60-62-64-66-68-70-72-74-76-78-80-82-84-89(92)94-87(85-90)86-93-88(91)83-81-79-77-75-73-71-69-67-65-63-61-59-57-55-53-51-49-47-45-42-40-38-36-34-32-30-28-26-24-22-20-18-16-14-12-10-8-6-4-2/h5-8,11-14,17-20,23-26,29-32,35-38,41,43,46,48,52,54,58,60,64,66,70,72,87,90H,3-4,9-10,15-16,21-22,27-28,33-34,39-40,42,44-45,47,49-51,53,55-57,59,61-63,65,67-69,71,73-86H2,1-2H3/b7-5-,8-6-,13-11-,14-12-,19-17-,20-18-,25-23-,26-24-,31-29-,32-30-,37-35-,38-36-,43-41-,48-46-,54-52-,60-58-,66-64-,72-70-. The number of hydrogen-bond acceptors (Lipinski definition) is 5. The second-order valence-electron chi connectivity index (χ2n) is 24.6. The first-order valence-electron chi connectivity index (χ1n) is 38.3. The molecule has 0 aliphatic carbocycles. The lowest BCUT2D eigenvalue weighted by Gasteiger charge is -2.15. The first kappa shape index (κ1) is 88.2. The lowest BCUT2D eigenvalue weighted by Crippen LogP contribution is -2.28. The molecule has 5 nitrogen and oxygen atoms in total. The van der Waals surface area contributed by atoms with Gasteiger partial charge in [-0.2, -0.15) is 0 Å². The second-order valence-corrected chi connectivity index (χ2v) is 24.6. The quantitative estimate of drug-likeness (QED) is 0.0373. The summed E-state index contributed by atoms with van der Waals surface area (Å²) in [5.74, 6) is -0.625. The van der Waals surface area contributed by atoms with E-state index >= 15 is 0 Å². The lowest BCUT2D eigenvalue weighted by atomic mass is 10.0. The molecule has 526 valence electrons. The molecular formula is C89H140O5. The zero-order chi connectivity index (χ0) is 67.5. The second kappa shape index (κ2) is 81.5. The number of ether oxygens (including phenoxy) is 2. The molecule has 0 aromatic heterocycles. The Morgan fingerprint density at radius 2 is 0.426 bits per heavy atom. The van der Waals surface area contributed by atoms with Crippen molar-refractivity contribution in [1.29, 1.82) is 0 Å². The molecule has 0 radical (unpaired) electrons. The van der Waals surface area contributed by atoms with Gasteiger partial charge < -0.3 is 14.6 Å². The topological polar surface area (TPSA) is 72.8 Å². The van der Waals surface area contributed by atoms with E-state index in [-0.39, 0.29) is 25.2 Å². The van der Waals surface area contributed by atoms with Crippen molar-refractivity contribution in [2.45, 2.75) is 315 Å². The molecule has 0 aromatic carbocycles. The van der Waals surface area contributed by atoms with Gasteiger partial charge in [-0.3, -0.25) is 9.59 Å². The van der Waals surface area contributed by atoms with Crippen LogP contribution >= 0.6 is 0 Å². The van der Waals surface area contributed by atoms with Gasteiger partial charge in [-0.25, -0.2) is 0 Å². The van der Waals surface area contributed by atoms with E-state index in [9.17, 15) is 14.7 Å². The molecule has 0 rings (SSSR count). The molecule has 0 saturated heterocycles. The van der Waals surface area contributed by atoms with E-state index in [2.05, 4.69) is 233 Å². The minimum atomic E-state index is -0.802. The maximum Gasteiger partial charge on any atom is 0.306 e. The average molecular weight is 1290 g/mol. The van der Waals surface area contributed by atoms with E-state index in [1.807, 2.05) is 0 Å². The van der Waals surface area contributed by atoms with Crippen LogP contribution in [0.3, 0.4) is 0 Å². The Morgan fingerprint density at radius 3 is 0.638 bits per heavy atom. The molecule has 0 amide bonds. The van der Waals surface area contributed by atoms with Gasteiger partial charge in [0, 0.05) is 12.8 Å². The Balaban J connectivity index is 3.58. The third-order valence-electron chi connectivity index (χ3n) is 15.8. The van der Waals surface area contributed by atoms with Gasteiger partial charge in [-0.15, -0.1) is 0 Å². The first-order valence-corrected chi connectivity index (χ1v) is 38.3. The Hall–Kier alpha value is -5.78. The summed E-state index contributed by atoms with van der Waals surface area (Å²) >= 11 is 0. The van der Waals surface area contributed by atoms with Crippen molar-refractivity contribution in [2.75, 3.05) is 13.2 Å². The molecule has 5 heteroatoms. The number of allylic oxidation sites excluding steroid dienone is 36. The van der Waals surface area contributed by atoms with E-state index in [1.165, 1.54) is 116 Å². The third kappa shape index (κ3) is 78.7. The van der Waals surface area contributed by atoms with E-state index in [1.54, 1.807) is 0 Å². The number of unbranched alkanes of at least 4 members (excludes halogenated alkanes) is 24. The number of aliphatic hydroxyl groups excluding tert-OH is 1. The summed E-state index contributed by atoms with van der Waals surface area (Å²) in [5.41, 5.74) is 0. The summed E-state index contributed by atoms with van der Waals surface area (Å²) in [6.45, 7) is 3.90. The first-order chi connectivity index (χ1) is 46.6. The fourth-order valence-electron chi connectivity index (χ4n) is 10.1. The Morgan fingerprint density at radius 1 is 0.245 bits per heavy atom. The predicted molar refractivity (Wildman–Crippen MR) is 416 cm³/mol. The van der Waals surface area contributed by atoms with Crippen LogP contribution in [-0.2, 0) is 19.1 Å². The third-order valence-corrected chi connectivity index (χ3v) is 15.8.